The first-order valence-corrected chi connectivity index (χ1v) is 8.90. The largest absolute Gasteiger partial charge is 0.497 e. The fourth-order valence-corrected chi connectivity index (χ4v) is 3.66. The predicted molar refractivity (Wildman–Crippen MR) is 103 cm³/mol. The van der Waals surface area contributed by atoms with Crippen molar-refractivity contribution in [3.63, 3.8) is 0 Å². The van der Waals surface area contributed by atoms with E-state index in [4.69, 9.17) is 15.2 Å². The predicted octanol–water partition coefficient (Wildman–Crippen LogP) is 2.80. The van der Waals surface area contributed by atoms with Gasteiger partial charge < -0.3 is 20.1 Å². The summed E-state index contributed by atoms with van der Waals surface area (Å²) in [5.74, 6) is 0.306. The zero-order valence-electron chi connectivity index (χ0n) is 15.4. The van der Waals surface area contributed by atoms with Gasteiger partial charge in [0.25, 0.3) is 5.91 Å². The number of ether oxygens (including phenoxy) is 2. The third-order valence-electron chi connectivity index (χ3n) is 5.03. The van der Waals surface area contributed by atoms with Gasteiger partial charge in [-0.15, -0.1) is 0 Å². The Morgan fingerprint density at radius 2 is 1.93 bits per heavy atom. The summed E-state index contributed by atoms with van der Waals surface area (Å²) in [6, 6.07) is 19.3. The second kappa shape index (κ2) is 7.12. The molecular weight excluding hydrogens is 354 g/mol. The molecular formula is C22H19N3O3. The van der Waals surface area contributed by atoms with Gasteiger partial charge in [0.1, 0.15) is 17.4 Å². The number of nitriles is 1. The third kappa shape index (κ3) is 2.97. The maximum atomic E-state index is 12.9. The van der Waals surface area contributed by atoms with Crippen molar-refractivity contribution in [1.82, 2.24) is 4.90 Å². The monoisotopic (exact) mass is 373 g/mol. The molecule has 0 saturated heterocycles. The molecule has 1 atom stereocenters. The van der Waals surface area contributed by atoms with Crippen molar-refractivity contribution in [2.45, 2.75) is 12.5 Å². The van der Waals surface area contributed by atoms with Crippen LogP contribution in [0.4, 0.5) is 0 Å². The maximum absolute atomic E-state index is 12.9. The number of rotatable bonds is 4. The first kappa shape index (κ1) is 17.7. The second-order valence-electron chi connectivity index (χ2n) is 6.70. The van der Waals surface area contributed by atoms with Crippen LogP contribution < -0.4 is 10.5 Å². The third-order valence-corrected chi connectivity index (χ3v) is 5.03. The molecule has 4 rings (SSSR count). The lowest BCUT2D eigenvalue weighted by molar-refractivity contribution is -0.128. The summed E-state index contributed by atoms with van der Waals surface area (Å²) >= 11 is 0. The molecule has 6 heteroatoms. The van der Waals surface area contributed by atoms with Crippen molar-refractivity contribution in [3.05, 3.63) is 88.5 Å². The number of carbonyl (C=O) groups is 1. The lowest BCUT2D eigenvalue weighted by Gasteiger charge is -2.24. The highest BCUT2D eigenvalue weighted by Gasteiger charge is 2.42. The molecule has 1 amide bonds. The van der Waals surface area contributed by atoms with Gasteiger partial charge in [-0.25, -0.2) is 0 Å². The summed E-state index contributed by atoms with van der Waals surface area (Å²) in [5, 5.41) is 9.67. The number of methoxy groups -OCH3 is 1. The number of hydrogen-bond donors (Lipinski definition) is 1. The van der Waals surface area contributed by atoms with Gasteiger partial charge in [-0.3, -0.25) is 4.79 Å². The molecule has 1 unspecified atom stereocenters. The van der Waals surface area contributed by atoms with Crippen molar-refractivity contribution in [2.75, 3.05) is 13.7 Å². The Labute approximate surface area is 163 Å². The molecule has 2 heterocycles. The van der Waals surface area contributed by atoms with E-state index in [1.165, 1.54) is 0 Å². The van der Waals surface area contributed by atoms with Crippen LogP contribution in [0.25, 0.3) is 0 Å². The molecule has 140 valence electrons. The second-order valence-corrected chi connectivity index (χ2v) is 6.70. The molecule has 2 aliphatic heterocycles. The highest BCUT2D eigenvalue weighted by molar-refractivity contribution is 5.96. The van der Waals surface area contributed by atoms with E-state index in [1.807, 2.05) is 54.6 Å². The smallest absolute Gasteiger partial charge is 0.290 e. The van der Waals surface area contributed by atoms with E-state index < -0.39 is 5.92 Å². The summed E-state index contributed by atoms with van der Waals surface area (Å²) in [6.07, 6.45) is 0. The first-order chi connectivity index (χ1) is 13.6. The Balaban J connectivity index is 1.69. The van der Waals surface area contributed by atoms with E-state index >= 15 is 0 Å². The topological polar surface area (TPSA) is 88.6 Å². The van der Waals surface area contributed by atoms with E-state index in [2.05, 4.69) is 6.07 Å². The average Bonchev–Trinajstić information content (AvgIpc) is 3.03. The van der Waals surface area contributed by atoms with Gasteiger partial charge in [-0.1, -0.05) is 42.5 Å². The molecule has 28 heavy (non-hydrogen) atoms. The normalized spacial score (nSPS) is 18.6. The summed E-state index contributed by atoms with van der Waals surface area (Å²) in [7, 11) is 1.60. The Morgan fingerprint density at radius 3 is 2.57 bits per heavy atom. The summed E-state index contributed by atoms with van der Waals surface area (Å²) in [5.41, 5.74) is 8.97. The first-order valence-electron chi connectivity index (χ1n) is 8.90. The molecule has 6 nitrogen and oxygen atoms in total. The number of nitrogens with two attached hydrogens (primary N) is 1. The van der Waals surface area contributed by atoms with Gasteiger partial charge in [0.2, 0.25) is 5.88 Å². The minimum absolute atomic E-state index is 0.0167. The van der Waals surface area contributed by atoms with Crippen LogP contribution in [0.15, 0.2) is 77.4 Å². The van der Waals surface area contributed by atoms with Gasteiger partial charge in [0.15, 0.2) is 5.76 Å². The molecule has 0 radical (unpaired) electrons. The van der Waals surface area contributed by atoms with Crippen LogP contribution in [-0.2, 0) is 16.1 Å². The van der Waals surface area contributed by atoms with Gasteiger partial charge in [0.05, 0.1) is 13.0 Å². The molecule has 0 bridgehead atoms. The van der Waals surface area contributed by atoms with Gasteiger partial charge in [-0.05, 0) is 23.3 Å². The van der Waals surface area contributed by atoms with Gasteiger partial charge >= 0.3 is 0 Å². The van der Waals surface area contributed by atoms with E-state index in [0.29, 0.717) is 24.4 Å². The van der Waals surface area contributed by atoms with Gasteiger partial charge in [-0.2, -0.15) is 5.26 Å². The number of amides is 1. The quantitative estimate of drug-likeness (QED) is 0.890. The van der Waals surface area contributed by atoms with Crippen molar-refractivity contribution in [2.24, 2.45) is 5.73 Å². The van der Waals surface area contributed by atoms with Crippen LogP contribution in [-0.4, -0.2) is 24.5 Å². The highest BCUT2D eigenvalue weighted by atomic mass is 16.5. The molecule has 0 fully saturated rings. The van der Waals surface area contributed by atoms with Gasteiger partial charge in [0, 0.05) is 18.7 Å². The van der Waals surface area contributed by atoms with E-state index in [9.17, 15) is 10.1 Å². The lowest BCUT2D eigenvalue weighted by atomic mass is 9.84. The molecule has 0 spiro atoms. The average molecular weight is 373 g/mol. The number of nitrogens with zero attached hydrogens (tertiary/aromatic N) is 2. The standard InChI is InChI=1S/C22H19N3O3/c1-27-16-9-7-15(8-10-16)19-17(11-23)21(24)28-20-18(19)13-25(22(20)26)12-14-5-3-2-4-6-14/h2-10,19H,12-13,24H2,1H3. The van der Waals surface area contributed by atoms with Crippen molar-refractivity contribution in [1.29, 1.82) is 5.26 Å². The lowest BCUT2D eigenvalue weighted by Crippen LogP contribution is -2.27. The Morgan fingerprint density at radius 1 is 1.21 bits per heavy atom. The minimum atomic E-state index is -0.413. The number of hydrogen-bond acceptors (Lipinski definition) is 5. The summed E-state index contributed by atoms with van der Waals surface area (Å²) < 4.78 is 10.8. The summed E-state index contributed by atoms with van der Waals surface area (Å²) in [4.78, 5) is 14.6. The number of benzene rings is 2. The molecule has 2 N–H and O–H groups in total. The highest BCUT2D eigenvalue weighted by Crippen LogP contribution is 2.43. The van der Waals surface area contributed by atoms with Crippen molar-refractivity contribution < 1.29 is 14.3 Å². The fourth-order valence-electron chi connectivity index (χ4n) is 3.66. The molecule has 2 aromatic rings. The van der Waals surface area contributed by atoms with E-state index in [-0.39, 0.29) is 17.5 Å². The molecule has 0 saturated carbocycles. The molecule has 2 aromatic carbocycles. The number of allylic oxidation sites excluding steroid dienone is 1. The zero-order valence-corrected chi connectivity index (χ0v) is 15.4. The van der Waals surface area contributed by atoms with E-state index in [0.717, 1.165) is 16.7 Å². The Kier molecular flexibility index (Phi) is 4.50. The van der Waals surface area contributed by atoms with Crippen LogP contribution in [0.3, 0.4) is 0 Å². The fraction of sp³-hybridized carbons (Fsp3) is 0.182. The minimum Gasteiger partial charge on any atom is -0.497 e. The van der Waals surface area contributed by atoms with Crippen LogP contribution in [0.1, 0.15) is 17.0 Å². The maximum Gasteiger partial charge on any atom is 0.290 e. The van der Waals surface area contributed by atoms with Crippen LogP contribution >= 0.6 is 0 Å². The Hall–Kier alpha value is -3.72. The number of carbonyl (C=O) groups excluding carboxylic acids is 1. The van der Waals surface area contributed by atoms with Crippen molar-refractivity contribution >= 4 is 5.91 Å². The SMILES string of the molecule is COc1ccc(C2C(C#N)=C(N)OC3=C2CN(Cc2ccccc2)C3=O)cc1. The van der Waals surface area contributed by atoms with Crippen LogP contribution in [0, 0.1) is 11.3 Å². The molecule has 2 aliphatic rings. The molecule has 0 aliphatic carbocycles. The van der Waals surface area contributed by atoms with E-state index in [1.54, 1.807) is 12.0 Å². The Bertz CT molecular complexity index is 1020. The van der Waals surface area contributed by atoms with Crippen LogP contribution in [0.5, 0.6) is 5.75 Å². The summed E-state index contributed by atoms with van der Waals surface area (Å²) in [6.45, 7) is 0.853. The zero-order chi connectivity index (χ0) is 19.7. The van der Waals surface area contributed by atoms with Crippen molar-refractivity contribution in [3.8, 4) is 11.8 Å². The van der Waals surface area contributed by atoms with Crippen LogP contribution in [0.2, 0.25) is 0 Å². The molecule has 0 aromatic heterocycles.